The second kappa shape index (κ2) is 7.75. The molecule has 6 nitrogen and oxygen atoms in total. The number of amides is 2. The molecule has 2 aliphatic rings. The zero-order valence-electron chi connectivity index (χ0n) is 16.0. The summed E-state index contributed by atoms with van der Waals surface area (Å²) in [4.78, 5) is 14.6. The molecule has 3 rings (SSSR count). The molecule has 2 heterocycles. The normalized spacial score (nSPS) is 22.7. The molecule has 1 aliphatic carbocycles. The van der Waals surface area contributed by atoms with Crippen molar-refractivity contribution in [3.05, 3.63) is 12.2 Å². The molecule has 1 N–H and O–H groups in total. The van der Waals surface area contributed by atoms with Gasteiger partial charge in [-0.25, -0.2) is 4.79 Å². The molecule has 1 atom stereocenters. The minimum absolute atomic E-state index is 0.0872. The molecule has 1 aliphatic heterocycles. The van der Waals surface area contributed by atoms with Gasteiger partial charge < -0.3 is 14.8 Å². The molecule has 1 saturated heterocycles. The number of carbonyl (C=O) groups excluding carboxylic acids is 1. The van der Waals surface area contributed by atoms with Crippen molar-refractivity contribution in [2.75, 3.05) is 19.6 Å². The van der Waals surface area contributed by atoms with E-state index in [1.165, 1.54) is 32.1 Å². The Morgan fingerprint density at radius 1 is 1.36 bits per heavy atom. The van der Waals surface area contributed by atoms with E-state index < -0.39 is 0 Å². The van der Waals surface area contributed by atoms with Gasteiger partial charge in [-0.1, -0.05) is 40.0 Å². The van der Waals surface area contributed by atoms with Gasteiger partial charge in [0.25, 0.3) is 0 Å². The highest BCUT2D eigenvalue weighted by Gasteiger charge is 2.50. The van der Waals surface area contributed by atoms with Gasteiger partial charge in [-0.2, -0.15) is 0 Å². The summed E-state index contributed by atoms with van der Waals surface area (Å²) in [6.07, 6.45) is 9.07. The van der Waals surface area contributed by atoms with Crippen LogP contribution in [0.3, 0.4) is 0 Å². The Hall–Kier alpha value is -1.59. The van der Waals surface area contributed by atoms with Gasteiger partial charge >= 0.3 is 6.03 Å². The third kappa shape index (κ3) is 3.82. The lowest BCUT2D eigenvalue weighted by Gasteiger charge is -2.37. The minimum Gasteiger partial charge on any atom is -0.338 e. The maximum atomic E-state index is 12.6. The van der Waals surface area contributed by atoms with Gasteiger partial charge in [0.2, 0.25) is 0 Å². The molecule has 1 spiro atoms. The van der Waals surface area contributed by atoms with Gasteiger partial charge in [-0.15, -0.1) is 10.2 Å². The molecule has 1 saturated carbocycles. The van der Waals surface area contributed by atoms with E-state index in [4.69, 9.17) is 0 Å². The molecule has 2 fully saturated rings. The van der Waals surface area contributed by atoms with Crippen molar-refractivity contribution in [3.63, 3.8) is 0 Å². The summed E-state index contributed by atoms with van der Waals surface area (Å²) < 4.78 is 2.22. The van der Waals surface area contributed by atoms with E-state index in [9.17, 15) is 4.79 Å². The monoisotopic (exact) mass is 347 g/mol. The standard InChI is InChI=1S/C19H33N5O/c1-4-10-20-18(25)23-12-16(19(13-23)8-6-5-7-9-19)17-22-21-14-24(17)11-15(2)3/h14-16H,4-13H2,1-3H3,(H,20,25). The largest absolute Gasteiger partial charge is 0.338 e. The molecular weight excluding hydrogens is 314 g/mol. The fourth-order valence-corrected chi connectivity index (χ4v) is 4.65. The van der Waals surface area contributed by atoms with Crippen molar-refractivity contribution in [2.24, 2.45) is 11.3 Å². The first-order chi connectivity index (χ1) is 12.1. The van der Waals surface area contributed by atoms with Gasteiger partial charge in [-0.05, 0) is 30.6 Å². The molecule has 2 amide bonds. The number of carbonyl (C=O) groups is 1. The van der Waals surface area contributed by atoms with Crippen LogP contribution >= 0.6 is 0 Å². The Bertz CT molecular complexity index is 576. The lowest BCUT2D eigenvalue weighted by Crippen LogP contribution is -2.40. The first-order valence-corrected chi connectivity index (χ1v) is 9.96. The van der Waals surface area contributed by atoms with Crippen LogP contribution in [-0.2, 0) is 6.54 Å². The highest BCUT2D eigenvalue weighted by Crippen LogP contribution is 2.51. The Morgan fingerprint density at radius 2 is 2.12 bits per heavy atom. The van der Waals surface area contributed by atoms with Crippen LogP contribution in [0.2, 0.25) is 0 Å². The molecule has 6 heteroatoms. The van der Waals surface area contributed by atoms with Crippen molar-refractivity contribution in [2.45, 2.75) is 71.8 Å². The molecule has 0 bridgehead atoms. The van der Waals surface area contributed by atoms with Crippen LogP contribution in [0, 0.1) is 11.3 Å². The number of nitrogens with one attached hydrogen (secondary N) is 1. The Kier molecular flexibility index (Phi) is 5.64. The molecule has 1 aromatic heterocycles. The maximum absolute atomic E-state index is 12.6. The fourth-order valence-electron chi connectivity index (χ4n) is 4.65. The SMILES string of the molecule is CCCNC(=O)N1CC(c2nncn2CC(C)C)C2(CCCCC2)C1. The van der Waals surface area contributed by atoms with Crippen LogP contribution in [0.15, 0.2) is 6.33 Å². The number of nitrogens with zero attached hydrogens (tertiary/aromatic N) is 4. The average molecular weight is 348 g/mol. The molecule has 140 valence electrons. The molecule has 25 heavy (non-hydrogen) atoms. The summed E-state index contributed by atoms with van der Waals surface area (Å²) in [5.74, 6) is 1.95. The molecule has 1 unspecified atom stereocenters. The van der Waals surface area contributed by atoms with Crippen molar-refractivity contribution in [3.8, 4) is 0 Å². The van der Waals surface area contributed by atoms with Crippen molar-refractivity contribution >= 4 is 6.03 Å². The van der Waals surface area contributed by atoms with E-state index in [-0.39, 0.29) is 11.4 Å². The maximum Gasteiger partial charge on any atom is 0.317 e. The van der Waals surface area contributed by atoms with E-state index in [0.717, 1.165) is 38.4 Å². The van der Waals surface area contributed by atoms with Gasteiger partial charge in [0.15, 0.2) is 0 Å². The molecule has 1 aromatic rings. The Balaban J connectivity index is 1.84. The van der Waals surface area contributed by atoms with Crippen LogP contribution < -0.4 is 5.32 Å². The van der Waals surface area contributed by atoms with E-state index in [0.29, 0.717) is 11.8 Å². The number of rotatable bonds is 5. The van der Waals surface area contributed by atoms with Crippen molar-refractivity contribution in [1.29, 1.82) is 0 Å². The highest BCUT2D eigenvalue weighted by atomic mass is 16.2. The average Bonchev–Trinajstić information content (AvgIpc) is 3.17. The zero-order valence-corrected chi connectivity index (χ0v) is 16.0. The zero-order chi connectivity index (χ0) is 17.9. The van der Waals surface area contributed by atoms with Crippen LogP contribution in [0.1, 0.15) is 71.0 Å². The summed E-state index contributed by atoms with van der Waals surface area (Å²) in [5.41, 5.74) is 0.184. The lowest BCUT2D eigenvalue weighted by molar-refractivity contribution is 0.163. The Labute approximate surface area is 151 Å². The van der Waals surface area contributed by atoms with E-state index in [2.05, 4.69) is 40.9 Å². The topological polar surface area (TPSA) is 63.1 Å². The fraction of sp³-hybridized carbons (Fsp3) is 0.842. The Morgan fingerprint density at radius 3 is 2.80 bits per heavy atom. The lowest BCUT2D eigenvalue weighted by atomic mass is 9.67. The summed E-state index contributed by atoms with van der Waals surface area (Å²) in [5, 5.41) is 11.8. The van der Waals surface area contributed by atoms with Crippen molar-refractivity contribution < 1.29 is 4.79 Å². The second-order valence-corrected chi connectivity index (χ2v) is 8.32. The second-order valence-electron chi connectivity index (χ2n) is 8.32. The van der Waals surface area contributed by atoms with Crippen LogP contribution in [0.25, 0.3) is 0 Å². The van der Waals surface area contributed by atoms with Gasteiger partial charge in [0, 0.05) is 32.1 Å². The summed E-state index contributed by atoms with van der Waals surface area (Å²) in [7, 11) is 0. The summed E-state index contributed by atoms with van der Waals surface area (Å²) in [6.45, 7) is 9.85. The highest BCUT2D eigenvalue weighted by molar-refractivity contribution is 5.74. The first kappa shape index (κ1) is 18.2. The third-order valence-electron chi connectivity index (χ3n) is 5.83. The third-order valence-corrected chi connectivity index (χ3v) is 5.83. The molecule has 0 radical (unpaired) electrons. The predicted molar refractivity (Wildman–Crippen MR) is 98.4 cm³/mol. The smallest absolute Gasteiger partial charge is 0.317 e. The number of likely N-dealkylation sites (tertiary alicyclic amines) is 1. The molecular formula is C19H33N5O. The number of hydrogen-bond donors (Lipinski definition) is 1. The van der Waals surface area contributed by atoms with Crippen LogP contribution in [0.4, 0.5) is 4.79 Å². The van der Waals surface area contributed by atoms with E-state index >= 15 is 0 Å². The number of urea groups is 1. The van der Waals surface area contributed by atoms with Gasteiger partial charge in [0.05, 0.1) is 0 Å². The summed E-state index contributed by atoms with van der Waals surface area (Å²) >= 11 is 0. The van der Waals surface area contributed by atoms with Crippen molar-refractivity contribution in [1.82, 2.24) is 25.0 Å². The first-order valence-electron chi connectivity index (χ1n) is 9.96. The number of aromatic nitrogens is 3. The van der Waals surface area contributed by atoms with E-state index in [1.54, 1.807) is 0 Å². The minimum atomic E-state index is 0.0872. The predicted octanol–water partition coefficient (Wildman–Crippen LogP) is 3.40. The number of hydrogen-bond acceptors (Lipinski definition) is 3. The van der Waals surface area contributed by atoms with Crippen LogP contribution in [0.5, 0.6) is 0 Å². The van der Waals surface area contributed by atoms with Gasteiger partial charge in [0.1, 0.15) is 12.2 Å². The van der Waals surface area contributed by atoms with E-state index in [1.807, 2.05) is 11.2 Å². The summed E-state index contributed by atoms with van der Waals surface area (Å²) in [6, 6.07) is 0.0872. The van der Waals surface area contributed by atoms with Gasteiger partial charge in [-0.3, -0.25) is 0 Å². The molecule has 0 aromatic carbocycles. The van der Waals surface area contributed by atoms with Crippen LogP contribution in [-0.4, -0.2) is 45.3 Å². The quantitative estimate of drug-likeness (QED) is 0.888.